The number of nitro benzene ring substituents is 1. The van der Waals surface area contributed by atoms with Crippen LogP contribution in [-0.2, 0) is 13.0 Å². The number of aromatic nitrogens is 1. The van der Waals surface area contributed by atoms with E-state index in [4.69, 9.17) is 0 Å². The summed E-state index contributed by atoms with van der Waals surface area (Å²) in [6, 6.07) is 20.3. The molecule has 0 spiro atoms. The number of nitro groups is 1. The first kappa shape index (κ1) is 20.0. The van der Waals surface area contributed by atoms with Gasteiger partial charge in [-0.1, -0.05) is 42.5 Å². The van der Waals surface area contributed by atoms with E-state index >= 15 is 0 Å². The molecule has 1 atom stereocenters. The molecule has 160 valence electrons. The number of phenols is 1. The molecule has 1 aliphatic heterocycles. The van der Waals surface area contributed by atoms with Crippen LogP contribution >= 0.6 is 0 Å². The summed E-state index contributed by atoms with van der Waals surface area (Å²) in [5.41, 5.74) is 5.27. The minimum Gasteiger partial charge on any atom is -0.508 e. The number of hydrogen-bond donors (Lipinski definition) is 2. The van der Waals surface area contributed by atoms with Gasteiger partial charge in [0.25, 0.3) is 5.69 Å². The molecule has 0 bridgehead atoms. The van der Waals surface area contributed by atoms with Crippen LogP contribution in [0, 0.1) is 10.1 Å². The molecular formula is C26H23N3O3. The molecule has 2 N–H and O–H groups in total. The van der Waals surface area contributed by atoms with Crippen LogP contribution in [-0.4, -0.2) is 26.5 Å². The summed E-state index contributed by atoms with van der Waals surface area (Å²) in [4.78, 5) is 16.3. The predicted molar refractivity (Wildman–Crippen MR) is 125 cm³/mol. The highest BCUT2D eigenvalue weighted by molar-refractivity contribution is 5.90. The third-order valence-corrected chi connectivity index (χ3v) is 6.11. The van der Waals surface area contributed by atoms with E-state index in [9.17, 15) is 15.2 Å². The van der Waals surface area contributed by atoms with Crippen LogP contribution in [0.4, 0.5) is 5.69 Å². The Hall–Kier alpha value is -3.90. The molecule has 2 heterocycles. The lowest BCUT2D eigenvalue weighted by atomic mass is 9.97. The fourth-order valence-corrected chi connectivity index (χ4v) is 4.52. The number of rotatable bonds is 5. The van der Waals surface area contributed by atoms with Gasteiger partial charge >= 0.3 is 0 Å². The van der Waals surface area contributed by atoms with Crippen molar-refractivity contribution >= 4 is 22.7 Å². The number of H-pyrrole nitrogens is 1. The van der Waals surface area contributed by atoms with Crippen LogP contribution in [0.5, 0.6) is 5.75 Å². The third-order valence-electron chi connectivity index (χ3n) is 6.11. The lowest BCUT2D eigenvalue weighted by molar-refractivity contribution is -0.384. The molecular weight excluding hydrogens is 402 g/mol. The van der Waals surface area contributed by atoms with Crippen molar-refractivity contribution < 1.29 is 10.0 Å². The number of benzene rings is 3. The van der Waals surface area contributed by atoms with Gasteiger partial charge in [0.2, 0.25) is 0 Å². The average Bonchev–Trinajstić information content (AvgIpc) is 3.15. The van der Waals surface area contributed by atoms with E-state index in [1.807, 2.05) is 36.5 Å². The highest BCUT2D eigenvalue weighted by atomic mass is 16.6. The summed E-state index contributed by atoms with van der Waals surface area (Å²) in [7, 11) is 0. The van der Waals surface area contributed by atoms with Gasteiger partial charge < -0.3 is 10.1 Å². The molecule has 6 nitrogen and oxygen atoms in total. The van der Waals surface area contributed by atoms with E-state index in [1.54, 1.807) is 18.2 Å². The third kappa shape index (κ3) is 3.76. The number of non-ortho nitro benzene ring substituents is 1. The number of aromatic amines is 1. The first-order valence-corrected chi connectivity index (χ1v) is 10.6. The molecule has 0 saturated heterocycles. The van der Waals surface area contributed by atoms with Gasteiger partial charge in [-0.2, -0.15) is 0 Å². The Balaban J connectivity index is 1.57. The van der Waals surface area contributed by atoms with Crippen LogP contribution in [0.3, 0.4) is 0 Å². The summed E-state index contributed by atoms with van der Waals surface area (Å²) in [5.74, 6) is 0.275. The van der Waals surface area contributed by atoms with Gasteiger partial charge in [0.1, 0.15) is 5.75 Å². The van der Waals surface area contributed by atoms with Crippen LogP contribution in [0.2, 0.25) is 0 Å². The molecule has 0 fully saturated rings. The van der Waals surface area contributed by atoms with Crippen LogP contribution < -0.4 is 0 Å². The quantitative estimate of drug-likeness (QED) is 0.322. The van der Waals surface area contributed by atoms with Gasteiger partial charge in [-0.25, -0.2) is 0 Å². The van der Waals surface area contributed by atoms with E-state index < -0.39 is 4.92 Å². The molecule has 4 aromatic rings. The molecule has 0 radical (unpaired) electrons. The molecule has 3 aromatic carbocycles. The Morgan fingerprint density at radius 2 is 1.88 bits per heavy atom. The van der Waals surface area contributed by atoms with E-state index in [-0.39, 0.29) is 17.5 Å². The summed E-state index contributed by atoms with van der Waals surface area (Å²) >= 11 is 0. The zero-order valence-corrected chi connectivity index (χ0v) is 17.4. The molecule has 0 saturated carbocycles. The average molecular weight is 425 g/mol. The molecule has 32 heavy (non-hydrogen) atoms. The summed E-state index contributed by atoms with van der Waals surface area (Å²) in [6.07, 6.45) is 6.98. The molecule has 0 aliphatic carbocycles. The second kappa shape index (κ2) is 8.32. The Morgan fingerprint density at radius 3 is 2.62 bits per heavy atom. The molecule has 0 amide bonds. The fourth-order valence-electron chi connectivity index (χ4n) is 4.52. The maximum absolute atomic E-state index is 11.0. The van der Waals surface area contributed by atoms with Crippen molar-refractivity contribution in [2.45, 2.75) is 19.0 Å². The first-order valence-electron chi connectivity index (χ1n) is 10.6. The SMILES string of the molecule is O=[N+]([O-])c1ccc(/C=C/C2c3c(O)ccc4[nH]cc(c34)CCN2Cc2ccccc2)cc1. The minimum absolute atomic E-state index is 0.0710. The highest BCUT2D eigenvalue weighted by Crippen LogP contribution is 2.41. The standard InChI is InChI=1S/C26H23N3O3/c30-24-13-11-22-25-20(16-27-22)14-15-28(17-19-4-2-1-3-5-19)23(26(24)25)12-8-18-6-9-21(10-7-18)29(31)32/h1-13,16,23,27,30H,14-15,17H2/b12-8+. The Morgan fingerprint density at radius 1 is 1.09 bits per heavy atom. The van der Waals surface area contributed by atoms with Gasteiger partial charge in [-0.15, -0.1) is 0 Å². The second-order valence-corrected chi connectivity index (χ2v) is 8.09. The van der Waals surface area contributed by atoms with Gasteiger partial charge in [0.05, 0.1) is 11.0 Å². The van der Waals surface area contributed by atoms with Crippen molar-refractivity contribution in [1.82, 2.24) is 9.88 Å². The largest absolute Gasteiger partial charge is 0.508 e. The number of phenolic OH excluding ortho intramolecular Hbond substituents is 1. The lowest BCUT2D eigenvalue weighted by Gasteiger charge is -2.29. The van der Waals surface area contributed by atoms with Crippen molar-refractivity contribution in [3.8, 4) is 5.75 Å². The topological polar surface area (TPSA) is 82.4 Å². The van der Waals surface area contributed by atoms with Crippen LogP contribution in [0.25, 0.3) is 17.0 Å². The van der Waals surface area contributed by atoms with Crippen LogP contribution in [0.15, 0.2) is 79.0 Å². The van der Waals surface area contributed by atoms with Crippen molar-refractivity contribution in [2.75, 3.05) is 6.54 Å². The summed E-state index contributed by atoms with van der Waals surface area (Å²) in [5, 5.41) is 22.9. The number of hydrogen-bond acceptors (Lipinski definition) is 4. The zero-order valence-electron chi connectivity index (χ0n) is 17.4. The second-order valence-electron chi connectivity index (χ2n) is 8.09. The molecule has 1 unspecified atom stereocenters. The van der Waals surface area contributed by atoms with Gasteiger partial charge in [0.15, 0.2) is 0 Å². The smallest absolute Gasteiger partial charge is 0.269 e. The zero-order chi connectivity index (χ0) is 22.1. The van der Waals surface area contributed by atoms with Crippen molar-refractivity contribution in [2.24, 2.45) is 0 Å². The predicted octanol–water partition coefficient (Wildman–Crippen LogP) is 5.59. The Labute approximate surface area is 185 Å². The molecule has 5 rings (SSSR count). The van der Waals surface area contributed by atoms with E-state index in [1.165, 1.54) is 23.3 Å². The Kier molecular flexibility index (Phi) is 5.21. The van der Waals surface area contributed by atoms with E-state index in [0.717, 1.165) is 41.5 Å². The van der Waals surface area contributed by atoms with Gasteiger partial charge in [-0.3, -0.25) is 15.0 Å². The van der Waals surface area contributed by atoms with E-state index in [2.05, 4.69) is 28.1 Å². The molecule has 6 heteroatoms. The number of aromatic hydroxyl groups is 1. The lowest BCUT2D eigenvalue weighted by Crippen LogP contribution is -2.28. The monoisotopic (exact) mass is 425 g/mol. The van der Waals surface area contributed by atoms with Gasteiger partial charge in [-0.05, 0) is 47.4 Å². The molecule has 1 aromatic heterocycles. The first-order chi connectivity index (χ1) is 15.6. The molecule has 1 aliphatic rings. The Bertz CT molecular complexity index is 1290. The highest BCUT2D eigenvalue weighted by Gasteiger charge is 2.28. The normalized spacial score (nSPS) is 16.4. The van der Waals surface area contributed by atoms with E-state index in [0.29, 0.717) is 0 Å². The van der Waals surface area contributed by atoms with Gasteiger partial charge in [0, 0.05) is 47.9 Å². The van der Waals surface area contributed by atoms with Crippen LogP contribution in [0.1, 0.15) is 28.3 Å². The number of nitrogens with one attached hydrogen (secondary N) is 1. The maximum atomic E-state index is 11.0. The fraction of sp³-hybridized carbons (Fsp3) is 0.154. The maximum Gasteiger partial charge on any atom is 0.269 e. The summed E-state index contributed by atoms with van der Waals surface area (Å²) in [6.45, 7) is 1.59. The van der Waals surface area contributed by atoms with Crippen molar-refractivity contribution in [1.29, 1.82) is 0 Å². The van der Waals surface area contributed by atoms with Crippen molar-refractivity contribution in [3.05, 3.63) is 111 Å². The minimum atomic E-state index is -0.396. The number of nitrogens with zero attached hydrogens (tertiary/aromatic N) is 2. The summed E-state index contributed by atoms with van der Waals surface area (Å²) < 4.78 is 0. The van der Waals surface area contributed by atoms with Crippen molar-refractivity contribution in [3.63, 3.8) is 0 Å².